The predicted molar refractivity (Wildman–Crippen MR) is 92.3 cm³/mol. The van der Waals surface area contributed by atoms with Gasteiger partial charge < -0.3 is 5.32 Å². The van der Waals surface area contributed by atoms with Gasteiger partial charge in [0.15, 0.2) is 4.96 Å². The molecule has 0 saturated heterocycles. The number of aromatic nitrogens is 2. The third-order valence-corrected chi connectivity index (χ3v) is 4.97. The van der Waals surface area contributed by atoms with Gasteiger partial charge in [0.1, 0.15) is 0 Å². The Balaban J connectivity index is 1.41. The molecule has 0 aliphatic rings. The molecule has 0 unspecified atom stereocenters. The standard InChI is InChI=1S/C16H17N3OS2/c1-12-3-2-4-13(7-12)10-21-11-15(20)17-8-14-9-19-5-6-22-16(19)18-14/h2-7,9H,8,10-11H2,1H3,(H,17,20). The zero-order valence-corrected chi connectivity index (χ0v) is 13.9. The molecular weight excluding hydrogens is 314 g/mol. The first-order valence-corrected chi connectivity index (χ1v) is 9.05. The van der Waals surface area contributed by atoms with E-state index in [1.54, 1.807) is 23.1 Å². The normalized spacial score (nSPS) is 11.0. The Bertz CT molecular complexity index is 750. The van der Waals surface area contributed by atoms with E-state index < -0.39 is 0 Å². The number of rotatable bonds is 6. The lowest BCUT2D eigenvalue weighted by Gasteiger charge is -2.04. The summed E-state index contributed by atoms with van der Waals surface area (Å²) < 4.78 is 1.97. The third kappa shape index (κ3) is 3.90. The average Bonchev–Trinajstić information content (AvgIpc) is 3.06. The van der Waals surface area contributed by atoms with Crippen molar-refractivity contribution in [1.82, 2.24) is 14.7 Å². The van der Waals surface area contributed by atoms with Crippen LogP contribution in [-0.4, -0.2) is 21.0 Å². The predicted octanol–water partition coefficient (Wildman–Crippen LogP) is 3.25. The van der Waals surface area contributed by atoms with E-state index >= 15 is 0 Å². The second kappa shape index (κ2) is 6.98. The topological polar surface area (TPSA) is 46.4 Å². The summed E-state index contributed by atoms with van der Waals surface area (Å²) >= 11 is 3.22. The van der Waals surface area contributed by atoms with Crippen molar-refractivity contribution in [3.05, 3.63) is 58.9 Å². The van der Waals surface area contributed by atoms with Crippen molar-refractivity contribution in [2.45, 2.75) is 19.2 Å². The van der Waals surface area contributed by atoms with Gasteiger partial charge in [0.25, 0.3) is 0 Å². The molecule has 0 saturated carbocycles. The van der Waals surface area contributed by atoms with Crippen molar-refractivity contribution in [3.63, 3.8) is 0 Å². The largest absolute Gasteiger partial charge is 0.350 e. The first-order chi connectivity index (χ1) is 10.7. The fourth-order valence-electron chi connectivity index (χ4n) is 2.16. The van der Waals surface area contributed by atoms with Crippen molar-refractivity contribution >= 4 is 34.0 Å². The van der Waals surface area contributed by atoms with E-state index in [1.165, 1.54) is 11.1 Å². The van der Waals surface area contributed by atoms with Crippen LogP contribution in [0.15, 0.2) is 42.0 Å². The summed E-state index contributed by atoms with van der Waals surface area (Å²) in [4.78, 5) is 17.3. The van der Waals surface area contributed by atoms with E-state index in [0.29, 0.717) is 12.3 Å². The second-order valence-electron chi connectivity index (χ2n) is 5.08. The van der Waals surface area contributed by atoms with E-state index in [9.17, 15) is 4.79 Å². The van der Waals surface area contributed by atoms with Crippen molar-refractivity contribution < 1.29 is 4.79 Å². The maximum atomic E-state index is 11.9. The maximum Gasteiger partial charge on any atom is 0.230 e. The van der Waals surface area contributed by atoms with Gasteiger partial charge in [-0.15, -0.1) is 23.1 Å². The Labute approximate surface area is 137 Å². The van der Waals surface area contributed by atoms with Gasteiger partial charge in [-0.25, -0.2) is 4.98 Å². The van der Waals surface area contributed by atoms with Crippen LogP contribution in [-0.2, 0) is 17.1 Å². The Morgan fingerprint density at radius 1 is 1.45 bits per heavy atom. The number of hydrogen-bond donors (Lipinski definition) is 1. The van der Waals surface area contributed by atoms with Crippen LogP contribution in [0, 0.1) is 6.92 Å². The summed E-state index contributed by atoms with van der Waals surface area (Å²) in [7, 11) is 0. The van der Waals surface area contributed by atoms with Gasteiger partial charge in [-0.05, 0) is 12.5 Å². The van der Waals surface area contributed by atoms with Crippen LogP contribution in [0.1, 0.15) is 16.8 Å². The lowest BCUT2D eigenvalue weighted by atomic mass is 10.2. The molecule has 0 radical (unpaired) electrons. The van der Waals surface area contributed by atoms with Crippen LogP contribution >= 0.6 is 23.1 Å². The number of nitrogens with zero attached hydrogens (tertiary/aromatic N) is 2. The molecule has 4 nitrogen and oxygen atoms in total. The molecule has 3 aromatic rings. The van der Waals surface area contributed by atoms with Crippen molar-refractivity contribution in [1.29, 1.82) is 0 Å². The first kappa shape index (κ1) is 15.1. The number of thioether (sulfide) groups is 1. The van der Waals surface area contributed by atoms with Gasteiger partial charge in [-0.1, -0.05) is 29.8 Å². The minimum atomic E-state index is 0.0500. The monoisotopic (exact) mass is 331 g/mol. The van der Waals surface area contributed by atoms with Gasteiger partial charge in [-0.3, -0.25) is 9.20 Å². The average molecular weight is 331 g/mol. The molecule has 0 aliphatic heterocycles. The van der Waals surface area contributed by atoms with E-state index in [1.807, 2.05) is 22.2 Å². The molecule has 2 aromatic heterocycles. The van der Waals surface area contributed by atoms with Gasteiger partial charge >= 0.3 is 0 Å². The number of imidazole rings is 1. The lowest BCUT2D eigenvalue weighted by Crippen LogP contribution is -2.24. The molecule has 0 aliphatic carbocycles. The molecule has 114 valence electrons. The molecule has 1 N–H and O–H groups in total. The highest BCUT2D eigenvalue weighted by molar-refractivity contribution is 7.99. The minimum Gasteiger partial charge on any atom is -0.350 e. The summed E-state index contributed by atoms with van der Waals surface area (Å²) in [6, 6.07) is 8.38. The highest BCUT2D eigenvalue weighted by Crippen LogP contribution is 2.14. The number of thiazole rings is 1. The van der Waals surface area contributed by atoms with E-state index in [4.69, 9.17) is 0 Å². The van der Waals surface area contributed by atoms with Crippen molar-refractivity contribution in [2.24, 2.45) is 0 Å². The third-order valence-electron chi connectivity index (χ3n) is 3.19. The summed E-state index contributed by atoms with van der Waals surface area (Å²) in [5, 5.41) is 4.91. The molecule has 0 fully saturated rings. The number of hydrogen-bond acceptors (Lipinski definition) is 4. The highest BCUT2D eigenvalue weighted by Gasteiger charge is 2.05. The molecule has 6 heteroatoms. The first-order valence-electron chi connectivity index (χ1n) is 7.02. The number of carbonyl (C=O) groups is 1. The zero-order valence-electron chi connectivity index (χ0n) is 12.3. The van der Waals surface area contributed by atoms with E-state index in [0.717, 1.165) is 16.4 Å². The van der Waals surface area contributed by atoms with E-state index in [2.05, 4.69) is 41.5 Å². The lowest BCUT2D eigenvalue weighted by molar-refractivity contribution is -0.118. The SMILES string of the molecule is Cc1cccc(CSCC(=O)NCc2cn3ccsc3n2)c1. The molecule has 1 amide bonds. The summed E-state index contributed by atoms with van der Waals surface area (Å²) in [6.45, 7) is 2.56. The van der Waals surface area contributed by atoms with Crippen LogP contribution in [0.3, 0.4) is 0 Å². The fraction of sp³-hybridized carbons (Fsp3) is 0.250. The number of benzene rings is 1. The quantitative estimate of drug-likeness (QED) is 0.754. The van der Waals surface area contributed by atoms with Gasteiger partial charge in [0, 0.05) is 23.5 Å². The smallest absolute Gasteiger partial charge is 0.230 e. The van der Waals surface area contributed by atoms with Crippen LogP contribution in [0.2, 0.25) is 0 Å². The number of nitrogens with one attached hydrogen (secondary N) is 1. The Morgan fingerprint density at radius 3 is 3.18 bits per heavy atom. The summed E-state index contributed by atoms with van der Waals surface area (Å²) in [5.41, 5.74) is 3.40. The number of aryl methyl sites for hydroxylation is 1. The molecule has 1 aromatic carbocycles. The van der Waals surface area contributed by atoms with Crippen LogP contribution in [0.25, 0.3) is 4.96 Å². The molecule has 0 bridgehead atoms. The van der Waals surface area contributed by atoms with Gasteiger partial charge in [0.05, 0.1) is 18.0 Å². The summed E-state index contributed by atoms with van der Waals surface area (Å²) in [5.74, 6) is 1.37. The van der Waals surface area contributed by atoms with Crippen molar-refractivity contribution in [2.75, 3.05) is 5.75 Å². The van der Waals surface area contributed by atoms with E-state index in [-0.39, 0.29) is 5.91 Å². The molecule has 3 rings (SSSR count). The van der Waals surface area contributed by atoms with Gasteiger partial charge in [-0.2, -0.15) is 0 Å². The number of fused-ring (bicyclic) bond motifs is 1. The zero-order chi connectivity index (χ0) is 15.4. The van der Waals surface area contributed by atoms with Crippen molar-refractivity contribution in [3.8, 4) is 0 Å². The Morgan fingerprint density at radius 2 is 2.36 bits per heavy atom. The molecular formula is C16H17N3OS2. The Hall–Kier alpha value is -1.79. The Kier molecular flexibility index (Phi) is 4.80. The molecule has 0 atom stereocenters. The molecule has 0 spiro atoms. The number of carbonyl (C=O) groups excluding carboxylic acids is 1. The van der Waals surface area contributed by atoms with Gasteiger partial charge in [0.2, 0.25) is 5.91 Å². The summed E-state index contributed by atoms with van der Waals surface area (Å²) in [6.07, 6.45) is 3.92. The minimum absolute atomic E-state index is 0.0500. The molecule has 22 heavy (non-hydrogen) atoms. The fourth-order valence-corrected chi connectivity index (χ4v) is 3.69. The van der Waals surface area contributed by atoms with Crippen LogP contribution < -0.4 is 5.32 Å². The number of amides is 1. The van der Waals surface area contributed by atoms with Crippen LogP contribution in [0.4, 0.5) is 0 Å². The van der Waals surface area contributed by atoms with Crippen LogP contribution in [0.5, 0.6) is 0 Å². The second-order valence-corrected chi connectivity index (χ2v) is 6.94. The highest BCUT2D eigenvalue weighted by atomic mass is 32.2. The molecule has 2 heterocycles. The maximum absolute atomic E-state index is 11.9.